The Balaban J connectivity index is 2.14. The van der Waals surface area contributed by atoms with Gasteiger partial charge in [-0.25, -0.2) is 8.78 Å². The summed E-state index contributed by atoms with van der Waals surface area (Å²) in [7, 11) is 0. The third-order valence-electron chi connectivity index (χ3n) is 2.76. The first-order valence-electron chi connectivity index (χ1n) is 5.85. The number of halogens is 2. The molecule has 6 heteroatoms. The Labute approximate surface area is 114 Å². The molecule has 2 rings (SSSR count). The molecular formula is C14H12F2N2O2. The van der Waals surface area contributed by atoms with Crippen LogP contribution >= 0.6 is 0 Å². The van der Waals surface area contributed by atoms with Gasteiger partial charge in [-0.05, 0) is 31.2 Å². The van der Waals surface area contributed by atoms with Crippen LogP contribution in [0.3, 0.4) is 0 Å². The van der Waals surface area contributed by atoms with Crippen molar-refractivity contribution in [3.63, 3.8) is 0 Å². The minimum absolute atomic E-state index is 0.154. The van der Waals surface area contributed by atoms with Crippen LogP contribution in [0.5, 0.6) is 11.5 Å². The quantitative estimate of drug-likeness (QED) is 0.935. The molecule has 0 saturated carbocycles. The summed E-state index contributed by atoms with van der Waals surface area (Å²) in [6.07, 6.45) is 1.38. The predicted molar refractivity (Wildman–Crippen MR) is 68.3 cm³/mol. The van der Waals surface area contributed by atoms with Crippen LogP contribution in [0.25, 0.3) is 0 Å². The van der Waals surface area contributed by atoms with Gasteiger partial charge in [0, 0.05) is 6.07 Å². The normalized spacial score (nSPS) is 11.9. The molecule has 1 aromatic carbocycles. The first kappa shape index (κ1) is 13.9. The van der Waals surface area contributed by atoms with Crippen molar-refractivity contribution in [2.75, 3.05) is 0 Å². The van der Waals surface area contributed by atoms with E-state index in [-0.39, 0.29) is 5.75 Å². The lowest BCUT2D eigenvalue weighted by Crippen LogP contribution is -2.19. The Kier molecular flexibility index (Phi) is 3.93. The first-order chi connectivity index (χ1) is 9.47. The molecule has 104 valence electrons. The minimum atomic E-state index is -0.991. The Morgan fingerprint density at radius 3 is 2.45 bits per heavy atom. The molecule has 2 aromatic rings. The molecule has 0 spiro atoms. The van der Waals surface area contributed by atoms with E-state index in [9.17, 15) is 13.6 Å². The second-order valence-electron chi connectivity index (χ2n) is 4.22. The van der Waals surface area contributed by atoms with Gasteiger partial charge in [0.25, 0.3) is 0 Å². The fraction of sp³-hybridized carbons (Fsp3) is 0.143. The molecule has 1 heterocycles. The van der Waals surface area contributed by atoms with Crippen molar-refractivity contribution in [1.82, 2.24) is 4.98 Å². The van der Waals surface area contributed by atoms with Crippen molar-refractivity contribution in [1.29, 1.82) is 0 Å². The number of carbonyl (C=O) groups excluding carboxylic acids is 1. The number of pyridine rings is 1. The molecule has 1 atom stereocenters. The number of carbonyl (C=O) groups is 1. The third-order valence-corrected chi connectivity index (χ3v) is 2.76. The number of amides is 1. The van der Waals surface area contributed by atoms with Crippen molar-refractivity contribution in [2.45, 2.75) is 12.8 Å². The number of hydrogen-bond donors (Lipinski definition) is 1. The van der Waals surface area contributed by atoms with Crippen LogP contribution in [0.15, 0.2) is 36.5 Å². The standard InChI is InChI=1S/C14H12F2N2O2/c1-8(14(17)19)13-5-3-10(7-18-13)20-9-2-4-11(15)12(16)6-9/h2-8H,1H3,(H2,17,19). The van der Waals surface area contributed by atoms with Gasteiger partial charge in [0.05, 0.1) is 17.8 Å². The van der Waals surface area contributed by atoms with E-state index in [1.807, 2.05) is 0 Å². The maximum Gasteiger partial charge on any atom is 0.226 e. The maximum absolute atomic E-state index is 13.0. The van der Waals surface area contributed by atoms with Gasteiger partial charge in [-0.2, -0.15) is 0 Å². The fourth-order valence-corrected chi connectivity index (χ4v) is 1.53. The molecule has 0 fully saturated rings. The number of primary amides is 1. The second-order valence-corrected chi connectivity index (χ2v) is 4.22. The predicted octanol–water partition coefficient (Wildman–Crippen LogP) is 2.74. The maximum atomic E-state index is 13.0. The average Bonchev–Trinajstić information content (AvgIpc) is 2.43. The molecule has 2 N–H and O–H groups in total. The molecule has 0 aliphatic heterocycles. The van der Waals surface area contributed by atoms with E-state index in [4.69, 9.17) is 10.5 Å². The number of hydrogen-bond acceptors (Lipinski definition) is 3. The highest BCUT2D eigenvalue weighted by Crippen LogP contribution is 2.23. The zero-order valence-electron chi connectivity index (χ0n) is 10.6. The Morgan fingerprint density at radius 1 is 1.20 bits per heavy atom. The molecule has 1 aromatic heterocycles. The minimum Gasteiger partial charge on any atom is -0.456 e. The lowest BCUT2D eigenvalue weighted by Gasteiger charge is -2.09. The smallest absolute Gasteiger partial charge is 0.226 e. The van der Waals surface area contributed by atoms with Crippen LogP contribution in [0.1, 0.15) is 18.5 Å². The van der Waals surface area contributed by atoms with E-state index in [0.717, 1.165) is 12.1 Å². The van der Waals surface area contributed by atoms with Crippen LogP contribution < -0.4 is 10.5 Å². The molecule has 1 unspecified atom stereocenters. The molecule has 0 aliphatic carbocycles. The van der Waals surface area contributed by atoms with E-state index in [2.05, 4.69) is 4.98 Å². The highest BCUT2D eigenvalue weighted by molar-refractivity contribution is 5.80. The molecule has 0 aliphatic rings. The van der Waals surface area contributed by atoms with Gasteiger partial charge in [0.1, 0.15) is 11.5 Å². The lowest BCUT2D eigenvalue weighted by molar-refractivity contribution is -0.119. The number of nitrogens with zero attached hydrogens (tertiary/aromatic N) is 1. The summed E-state index contributed by atoms with van der Waals surface area (Å²) in [5, 5.41) is 0. The van der Waals surface area contributed by atoms with Gasteiger partial charge in [-0.3, -0.25) is 9.78 Å². The molecule has 4 nitrogen and oxygen atoms in total. The molecular weight excluding hydrogens is 266 g/mol. The monoisotopic (exact) mass is 278 g/mol. The summed E-state index contributed by atoms with van der Waals surface area (Å²) in [5.41, 5.74) is 5.68. The Hall–Kier alpha value is -2.50. The van der Waals surface area contributed by atoms with E-state index in [1.54, 1.807) is 19.1 Å². The number of ether oxygens (including phenoxy) is 1. The van der Waals surface area contributed by atoms with Crippen LogP contribution in [-0.2, 0) is 4.79 Å². The van der Waals surface area contributed by atoms with Gasteiger partial charge in [-0.1, -0.05) is 0 Å². The summed E-state index contributed by atoms with van der Waals surface area (Å²) in [6, 6.07) is 6.38. The largest absolute Gasteiger partial charge is 0.456 e. The number of rotatable bonds is 4. The van der Waals surface area contributed by atoms with Crippen LogP contribution in [0.2, 0.25) is 0 Å². The molecule has 1 amide bonds. The lowest BCUT2D eigenvalue weighted by atomic mass is 10.1. The highest BCUT2D eigenvalue weighted by atomic mass is 19.2. The second kappa shape index (κ2) is 5.64. The topological polar surface area (TPSA) is 65.2 Å². The van der Waals surface area contributed by atoms with Crippen molar-refractivity contribution in [3.05, 3.63) is 53.9 Å². The van der Waals surface area contributed by atoms with E-state index in [1.165, 1.54) is 12.3 Å². The highest BCUT2D eigenvalue weighted by Gasteiger charge is 2.13. The summed E-state index contributed by atoms with van der Waals surface area (Å²) in [5.74, 6) is -2.42. The van der Waals surface area contributed by atoms with Gasteiger partial charge in [0.2, 0.25) is 5.91 Å². The van der Waals surface area contributed by atoms with Crippen LogP contribution in [-0.4, -0.2) is 10.9 Å². The number of aromatic nitrogens is 1. The van der Waals surface area contributed by atoms with Gasteiger partial charge in [-0.15, -0.1) is 0 Å². The summed E-state index contributed by atoms with van der Waals surface area (Å²) >= 11 is 0. The van der Waals surface area contributed by atoms with E-state index < -0.39 is 23.5 Å². The number of benzene rings is 1. The van der Waals surface area contributed by atoms with Gasteiger partial charge >= 0.3 is 0 Å². The van der Waals surface area contributed by atoms with Crippen molar-refractivity contribution >= 4 is 5.91 Å². The summed E-state index contributed by atoms with van der Waals surface area (Å²) in [6.45, 7) is 1.64. The summed E-state index contributed by atoms with van der Waals surface area (Å²) in [4.78, 5) is 15.1. The number of nitrogens with two attached hydrogens (primary N) is 1. The first-order valence-corrected chi connectivity index (χ1v) is 5.85. The van der Waals surface area contributed by atoms with Gasteiger partial charge in [0.15, 0.2) is 11.6 Å². The SMILES string of the molecule is CC(C(N)=O)c1ccc(Oc2ccc(F)c(F)c2)cn1. The van der Waals surface area contributed by atoms with Gasteiger partial charge < -0.3 is 10.5 Å². The fourth-order valence-electron chi connectivity index (χ4n) is 1.53. The van der Waals surface area contributed by atoms with E-state index >= 15 is 0 Å². The van der Waals surface area contributed by atoms with Crippen molar-refractivity contribution < 1.29 is 18.3 Å². The average molecular weight is 278 g/mol. The van der Waals surface area contributed by atoms with Crippen molar-refractivity contribution in [2.24, 2.45) is 5.73 Å². The molecule has 20 heavy (non-hydrogen) atoms. The molecule has 0 bridgehead atoms. The Morgan fingerprint density at radius 2 is 1.90 bits per heavy atom. The van der Waals surface area contributed by atoms with E-state index in [0.29, 0.717) is 11.4 Å². The molecule has 0 saturated heterocycles. The zero-order valence-corrected chi connectivity index (χ0v) is 10.6. The van der Waals surface area contributed by atoms with Crippen molar-refractivity contribution in [3.8, 4) is 11.5 Å². The van der Waals surface area contributed by atoms with Crippen LogP contribution in [0, 0.1) is 11.6 Å². The Bertz CT molecular complexity index is 630. The zero-order chi connectivity index (χ0) is 14.7. The summed E-state index contributed by atoms with van der Waals surface area (Å²) < 4.78 is 31.1. The molecule has 0 radical (unpaired) electrons. The third kappa shape index (κ3) is 3.09. The van der Waals surface area contributed by atoms with Crippen LogP contribution in [0.4, 0.5) is 8.78 Å².